The van der Waals surface area contributed by atoms with Crippen LogP contribution in [0.2, 0.25) is 5.02 Å². The number of hydrogen-bond acceptors (Lipinski definition) is 5. The van der Waals surface area contributed by atoms with Crippen molar-refractivity contribution in [3.05, 3.63) is 45.4 Å². The van der Waals surface area contributed by atoms with Crippen molar-refractivity contribution in [3.8, 4) is 0 Å². The molecular formula is C15H18ClN3O2S2. The molecule has 1 aromatic carbocycles. The molecule has 2 heterocycles. The Morgan fingerprint density at radius 1 is 1.17 bits per heavy atom. The molecule has 1 saturated heterocycles. The van der Waals surface area contributed by atoms with Crippen molar-refractivity contribution in [2.75, 3.05) is 26.2 Å². The fraction of sp³-hybridized carbons (Fsp3) is 0.400. The van der Waals surface area contributed by atoms with E-state index in [0.29, 0.717) is 36.1 Å². The van der Waals surface area contributed by atoms with Crippen molar-refractivity contribution < 1.29 is 8.42 Å². The van der Waals surface area contributed by atoms with Gasteiger partial charge in [0, 0.05) is 43.1 Å². The highest BCUT2D eigenvalue weighted by Crippen LogP contribution is 2.20. The molecule has 0 N–H and O–H groups in total. The first-order valence-electron chi connectivity index (χ1n) is 7.34. The topological polar surface area (TPSA) is 53.5 Å². The summed E-state index contributed by atoms with van der Waals surface area (Å²) in [5.74, 6) is 0. The normalized spacial score (nSPS) is 17.5. The molecule has 0 spiro atoms. The van der Waals surface area contributed by atoms with E-state index in [1.165, 1.54) is 0 Å². The second-order valence-electron chi connectivity index (χ2n) is 5.49. The summed E-state index contributed by atoms with van der Waals surface area (Å²) in [6.07, 6.45) is 0. The summed E-state index contributed by atoms with van der Waals surface area (Å²) >= 11 is 7.47. The summed E-state index contributed by atoms with van der Waals surface area (Å²) in [4.78, 5) is 7.00. The van der Waals surface area contributed by atoms with Crippen LogP contribution in [0.4, 0.5) is 0 Å². The van der Waals surface area contributed by atoms with Crippen molar-refractivity contribution in [1.29, 1.82) is 0 Å². The molecule has 1 aliphatic heterocycles. The molecule has 1 aliphatic rings. The lowest BCUT2D eigenvalue weighted by Crippen LogP contribution is -2.48. The molecule has 0 unspecified atom stereocenters. The first-order chi connectivity index (χ1) is 10.9. The van der Waals surface area contributed by atoms with Crippen LogP contribution < -0.4 is 0 Å². The minimum absolute atomic E-state index is 0.297. The largest absolute Gasteiger partial charge is 0.295 e. The number of rotatable bonds is 4. The monoisotopic (exact) mass is 371 g/mol. The van der Waals surface area contributed by atoms with Gasteiger partial charge in [-0.05, 0) is 31.2 Å². The van der Waals surface area contributed by atoms with Crippen molar-refractivity contribution >= 4 is 33.0 Å². The molecule has 1 aromatic heterocycles. The lowest BCUT2D eigenvalue weighted by molar-refractivity contribution is 0.180. The summed E-state index contributed by atoms with van der Waals surface area (Å²) in [7, 11) is -3.44. The summed E-state index contributed by atoms with van der Waals surface area (Å²) in [5, 5.41) is 3.66. The highest BCUT2D eigenvalue weighted by Gasteiger charge is 2.28. The zero-order chi connectivity index (χ0) is 16.4. The molecule has 3 rings (SSSR count). The van der Waals surface area contributed by atoms with E-state index in [0.717, 1.165) is 17.2 Å². The Hall–Kier alpha value is -0.990. The van der Waals surface area contributed by atoms with E-state index < -0.39 is 10.0 Å². The molecule has 0 aliphatic carbocycles. The van der Waals surface area contributed by atoms with Crippen molar-refractivity contribution in [3.63, 3.8) is 0 Å². The molecule has 8 heteroatoms. The summed E-state index contributed by atoms with van der Waals surface area (Å²) in [6, 6.07) is 6.33. The van der Waals surface area contributed by atoms with E-state index in [-0.39, 0.29) is 0 Å². The highest BCUT2D eigenvalue weighted by atomic mass is 35.5. The van der Waals surface area contributed by atoms with Crippen LogP contribution in [0.1, 0.15) is 10.7 Å². The molecule has 23 heavy (non-hydrogen) atoms. The lowest BCUT2D eigenvalue weighted by Gasteiger charge is -2.33. The Morgan fingerprint density at radius 2 is 1.83 bits per heavy atom. The summed E-state index contributed by atoms with van der Waals surface area (Å²) in [5.41, 5.74) is 1.06. The third-order valence-electron chi connectivity index (χ3n) is 3.83. The van der Waals surface area contributed by atoms with Gasteiger partial charge in [-0.25, -0.2) is 13.4 Å². The van der Waals surface area contributed by atoms with Gasteiger partial charge in [0.2, 0.25) is 10.0 Å². The van der Waals surface area contributed by atoms with Gasteiger partial charge in [0.1, 0.15) is 0 Å². The van der Waals surface area contributed by atoms with Gasteiger partial charge in [0.05, 0.1) is 15.6 Å². The number of benzene rings is 1. The second-order valence-corrected chi connectivity index (χ2v) is 8.93. The van der Waals surface area contributed by atoms with E-state index in [1.807, 2.05) is 6.92 Å². The zero-order valence-electron chi connectivity index (χ0n) is 12.8. The molecule has 0 radical (unpaired) electrons. The number of piperazine rings is 1. The number of nitrogens with zero attached hydrogens (tertiary/aromatic N) is 3. The Morgan fingerprint density at radius 3 is 2.39 bits per heavy atom. The van der Waals surface area contributed by atoms with Gasteiger partial charge in [-0.3, -0.25) is 4.90 Å². The van der Waals surface area contributed by atoms with Crippen LogP contribution in [0.25, 0.3) is 0 Å². The Bertz CT molecular complexity index is 766. The molecule has 2 aromatic rings. The maximum atomic E-state index is 12.6. The van der Waals surface area contributed by atoms with E-state index in [2.05, 4.69) is 15.3 Å². The maximum Gasteiger partial charge on any atom is 0.243 e. The second kappa shape index (κ2) is 6.86. The lowest BCUT2D eigenvalue weighted by atomic mass is 10.3. The minimum Gasteiger partial charge on any atom is -0.295 e. The summed E-state index contributed by atoms with van der Waals surface area (Å²) in [6.45, 7) is 5.18. The molecule has 1 fully saturated rings. The average molecular weight is 372 g/mol. The number of aromatic nitrogens is 1. The van der Waals surface area contributed by atoms with Gasteiger partial charge in [-0.2, -0.15) is 4.31 Å². The number of halogens is 1. The van der Waals surface area contributed by atoms with Gasteiger partial charge in [0.15, 0.2) is 0 Å². The van der Waals surface area contributed by atoms with E-state index in [4.69, 9.17) is 11.6 Å². The van der Waals surface area contributed by atoms with Gasteiger partial charge < -0.3 is 0 Å². The molecule has 0 atom stereocenters. The maximum absolute atomic E-state index is 12.6. The van der Waals surface area contributed by atoms with Crippen LogP contribution >= 0.6 is 22.9 Å². The van der Waals surface area contributed by atoms with Crippen LogP contribution in [0, 0.1) is 6.92 Å². The minimum atomic E-state index is -3.44. The van der Waals surface area contributed by atoms with E-state index >= 15 is 0 Å². The molecule has 0 bridgehead atoms. The first-order valence-corrected chi connectivity index (χ1v) is 10.0. The SMILES string of the molecule is Cc1nc(CN2CCN(S(=O)(=O)c3ccc(Cl)cc3)CC2)cs1. The van der Waals surface area contributed by atoms with Gasteiger partial charge in [-0.15, -0.1) is 11.3 Å². The van der Waals surface area contributed by atoms with Crippen LogP contribution in [0.5, 0.6) is 0 Å². The smallest absolute Gasteiger partial charge is 0.243 e. The molecule has 124 valence electrons. The molecular weight excluding hydrogens is 354 g/mol. The van der Waals surface area contributed by atoms with Gasteiger partial charge in [0.25, 0.3) is 0 Å². The number of aryl methyl sites for hydroxylation is 1. The quantitative estimate of drug-likeness (QED) is 0.829. The predicted octanol–water partition coefficient (Wildman–Crippen LogP) is 2.61. The highest BCUT2D eigenvalue weighted by molar-refractivity contribution is 7.89. The molecule has 5 nitrogen and oxygen atoms in total. The van der Waals surface area contributed by atoms with Crippen molar-refractivity contribution in [2.24, 2.45) is 0 Å². The summed E-state index contributed by atoms with van der Waals surface area (Å²) < 4.78 is 26.8. The molecule has 0 saturated carbocycles. The Balaban J connectivity index is 1.62. The fourth-order valence-electron chi connectivity index (χ4n) is 2.59. The van der Waals surface area contributed by atoms with Crippen LogP contribution in [-0.4, -0.2) is 48.8 Å². The predicted molar refractivity (Wildman–Crippen MR) is 92.3 cm³/mol. The number of sulfonamides is 1. The van der Waals surface area contributed by atoms with Crippen LogP contribution in [-0.2, 0) is 16.6 Å². The Labute approximate surface area is 145 Å². The van der Waals surface area contributed by atoms with E-state index in [1.54, 1.807) is 39.9 Å². The number of thiazole rings is 1. The van der Waals surface area contributed by atoms with Gasteiger partial charge >= 0.3 is 0 Å². The number of hydrogen-bond donors (Lipinski definition) is 0. The van der Waals surface area contributed by atoms with Crippen LogP contribution in [0.15, 0.2) is 34.5 Å². The first kappa shape index (κ1) is 16.9. The standard InChI is InChI=1S/C15H18ClN3O2S2/c1-12-17-14(11-22-12)10-18-6-8-19(9-7-18)23(20,21)15-4-2-13(16)3-5-15/h2-5,11H,6-10H2,1H3. The average Bonchev–Trinajstić information content (AvgIpc) is 2.93. The van der Waals surface area contributed by atoms with E-state index in [9.17, 15) is 8.42 Å². The third kappa shape index (κ3) is 3.92. The zero-order valence-corrected chi connectivity index (χ0v) is 15.2. The van der Waals surface area contributed by atoms with Crippen molar-refractivity contribution in [1.82, 2.24) is 14.2 Å². The van der Waals surface area contributed by atoms with Crippen molar-refractivity contribution in [2.45, 2.75) is 18.4 Å². The Kier molecular flexibility index (Phi) is 5.03. The van der Waals surface area contributed by atoms with Gasteiger partial charge in [-0.1, -0.05) is 11.6 Å². The molecule has 0 amide bonds. The van der Waals surface area contributed by atoms with Crippen LogP contribution in [0.3, 0.4) is 0 Å². The third-order valence-corrected chi connectivity index (χ3v) is 6.82. The fourth-order valence-corrected chi connectivity index (χ4v) is 4.75.